The monoisotopic (exact) mass is 419 g/mol. The molecule has 0 spiro atoms. The Labute approximate surface area is 185 Å². The van der Waals surface area contributed by atoms with Crippen LogP contribution in [0.4, 0.5) is 0 Å². The molecule has 31 heavy (non-hydrogen) atoms. The number of carbonyl (C=O) groups excluding carboxylic acids is 1. The molecule has 0 aromatic heterocycles. The zero-order valence-corrected chi connectivity index (χ0v) is 18.1. The van der Waals surface area contributed by atoms with Crippen molar-refractivity contribution in [3.8, 4) is 5.75 Å². The van der Waals surface area contributed by atoms with Crippen molar-refractivity contribution in [2.45, 2.75) is 26.2 Å². The third-order valence-electron chi connectivity index (χ3n) is 5.35. The van der Waals surface area contributed by atoms with Crippen molar-refractivity contribution in [2.75, 3.05) is 32.8 Å². The predicted molar refractivity (Wildman–Crippen MR) is 125 cm³/mol. The standard InChI is InChI=1S/C24H30BN3O3/c1-2-11-31-16-24(30)28-10-9-27-19-12-17(21-5-3-4-6-23(21)29)7-8-20-18(13-19)14-26-15-22(20)25/h3-7,12,15,18,27,29H,2,8-11,13-14,16H2,1H3,(H,28,30)/b17-7-,19-12+. The van der Waals surface area contributed by atoms with Gasteiger partial charge in [0.05, 0.1) is 0 Å². The van der Waals surface area contributed by atoms with Crippen molar-refractivity contribution in [1.29, 1.82) is 0 Å². The number of hydrogen-bond donors (Lipinski definition) is 3. The number of nitrogens with zero attached hydrogens (tertiary/aromatic N) is 1. The largest absolute Gasteiger partial charge is 0.507 e. The van der Waals surface area contributed by atoms with Crippen LogP contribution in [0.3, 0.4) is 0 Å². The fourth-order valence-corrected chi connectivity index (χ4v) is 3.78. The molecule has 1 unspecified atom stereocenters. The Hall–Kier alpha value is -2.80. The number of ether oxygens (including phenoxy) is 1. The number of fused-ring (bicyclic) bond motifs is 1. The summed E-state index contributed by atoms with van der Waals surface area (Å²) in [5.41, 5.74) is 4.66. The number of benzene rings is 1. The van der Waals surface area contributed by atoms with Crippen LogP contribution in [0.15, 0.2) is 58.2 Å². The Kier molecular flexibility index (Phi) is 8.53. The number of allylic oxidation sites excluding steroid dienone is 5. The van der Waals surface area contributed by atoms with E-state index in [1.54, 1.807) is 12.3 Å². The van der Waals surface area contributed by atoms with Gasteiger partial charge in [-0.2, -0.15) is 0 Å². The van der Waals surface area contributed by atoms with Gasteiger partial charge in [-0.1, -0.05) is 42.2 Å². The third-order valence-corrected chi connectivity index (χ3v) is 5.35. The summed E-state index contributed by atoms with van der Waals surface area (Å²) >= 11 is 0. The van der Waals surface area contributed by atoms with E-state index in [1.165, 1.54) is 5.57 Å². The molecule has 1 aliphatic carbocycles. The molecule has 3 N–H and O–H groups in total. The quantitative estimate of drug-likeness (QED) is 0.425. The first-order valence-corrected chi connectivity index (χ1v) is 10.8. The van der Waals surface area contributed by atoms with E-state index >= 15 is 0 Å². The van der Waals surface area contributed by atoms with Gasteiger partial charge in [-0.15, -0.1) is 0 Å². The van der Waals surface area contributed by atoms with Gasteiger partial charge in [-0.3, -0.25) is 9.79 Å². The van der Waals surface area contributed by atoms with Crippen LogP contribution in [-0.4, -0.2) is 57.9 Å². The summed E-state index contributed by atoms with van der Waals surface area (Å²) < 4.78 is 5.26. The van der Waals surface area contributed by atoms with E-state index in [2.05, 4.69) is 27.8 Å². The summed E-state index contributed by atoms with van der Waals surface area (Å²) in [6.07, 6.45) is 8.31. The lowest BCUT2D eigenvalue weighted by Crippen LogP contribution is -2.34. The van der Waals surface area contributed by atoms with Crippen molar-refractivity contribution < 1.29 is 14.6 Å². The van der Waals surface area contributed by atoms with Crippen LogP contribution in [0.5, 0.6) is 5.75 Å². The number of aromatic hydroxyl groups is 1. The average Bonchev–Trinajstić information content (AvgIpc) is 2.74. The lowest BCUT2D eigenvalue weighted by molar-refractivity contribution is -0.125. The maximum atomic E-state index is 11.8. The second-order valence-electron chi connectivity index (χ2n) is 7.76. The van der Waals surface area contributed by atoms with Crippen molar-refractivity contribution in [1.82, 2.24) is 10.6 Å². The first-order chi connectivity index (χ1) is 15.1. The molecule has 162 valence electrons. The SMILES string of the molecule is [B]C1=C2C/C=C(c3ccccc3O)/C=C(/NCCNC(=O)COCCC)CC2CN=C1. The molecule has 1 aromatic carbocycles. The number of para-hydroxylation sites is 1. The maximum Gasteiger partial charge on any atom is 0.246 e. The van der Waals surface area contributed by atoms with Crippen LogP contribution in [0.25, 0.3) is 5.57 Å². The molecule has 0 saturated heterocycles. The van der Waals surface area contributed by atoms with Crippen LogP contribution >= 0.6 is 0 Å². The normalized spacial score (nSPS) is 21.8. The fourth-order valence-electron chi connectivity index (χ4n) is 3.78. The number of dihydropyridines is 1. The molecular formula is C24H30BN3O3. The number of phenols is 1. The highest BCUT2D eigenvalue weighted by Gasteiger charge is 2.22. The summed E-state index contributed by atoms with van der Waals surface area (Å²) in [6.45, 7) is 4.47. The number of amides is 1. The van der Waals surface area contributed by atoms with Crippen LogP contribution in [0, 0.1) is 5.92 Å². The highest BCUT2D eigenvalue weighted by molar-refractivity contribution is 6.33. The molecule has 1 aliphatic heterocycles. The fraction of sp³-hybridized carbons (Fsp3) is 0.417. The number of aliphatic imine (C=N–C) groups is 1. The molecule has 0 fully saturated rings. The van der Waals surface area contributed by atoms with Crippen LogP contribution in [-0.2, 0) is 9.53 Å². The molecule has 0 saturated carbocycles. The molecule has 2 radical (unpaired) electrons. The average molecular weight is 419 g/mol. The van der Waals surface area contributed by atoms with Gasteiger partial charge in [0.25, 0.3) is 0 Å². The number of carbonyl (C=O) groups is 1. The summed E-state index contributed by atoms with van der Waals surface area (Å²) in [7, 11) is 6.23. The summed E-state index contributed by atoms with van der Waals surface area (Å²) in [5.74, 6) is 0.368. The Morgan fingerprint density at radius 1 is 1.32 bits per heavy atom. The first-order valence-electron chi connectivity index (χ1n) is 10.8. The molecule has 0 bridgehead atoms. The zero-order chi connectivity index (χ0) is 22.1. The number of nitrogens with one attached hydrogen (secondary N) is 2. The molecule has 2 aliphatic rings. The van der Waals surface area contributed by atoms with Gasteiger partial charge < -0.3 is 20.5 Å². The van der Waals surface area contributed by atoms with Gasteiger partial charge in [0.15, 0.2) is 0 Å². The minimum absolute atomic E-state index is 0.0875. The van der Waals surface area contributed by atoms with Gasteiger partial charge in [0.1, 0.15) is 20.2 Å². The zero-order valence-electron chi connectivity index (χ0n) is 18.1. The molecule has 1 atom stereocenters. The predicted octanol–water partition coefficient (Wildman–Crippen LogP) is 2.71. The molecule has 1 aromatic rings. The van der Waals surface area contributed by atoms with Crippen molar-refractivity contribution in [3.05, 3.63) is 58.7 Å². The van der Waals surface area contributed by atoms with Crippen LogP contribution in [0.2, 0.25) is 0 Å². The molecule has 1 heterocycles. The third kappa shape index (κ3) is 6.59. The van der Waals surface area contributed by atoms with Crippen molar-refractivity contribution >= 4 is 25.5 Å². The topological polar surface area (TPSA) is 83.0 Å². The van der Waals surface area contributed by atoms with E-state index < -0.39 is 0 Å². The van der Waals surface area contributed by atoms with E-state index in [9.17, 15) is 9.90 Å². The van der Waals surface area contributed by atoms with Crippen LogP contribution in [0.1, 0.15) is 31.7 Å². The first kappa shape index (κ1) is 22.9. The second-order valence-corrected chi connectivity index (χ2v) is 7.76. The Bertz CT molecular complexity index is 905. The highest BCUT2D eigenvalue weighted by atomic mass is 16.5. The van der Waals surface area contributed by atoms with Crippen molar-refractivity contribution in [3.63, 3.8) is 0 Å². The Balaban J connectivity index is 1.70. The van der Waals surface area contributed by atoms with E-state index in [4.69, 9.17) is 12.6 Å². The lowest BCUT2D eigenvalue weighted by Gasteiger charge is -2.27. The van der Waals surface area contributed by atoms with Gasteiger partial charge in [0.2, 0.25) is 5.91 Å². The van der Waals surface area contributed by atoms with E-state index in [-0.39, 0.29) is 24.2 Å². The van der Waals surface area contributed by atoms with Crippen molar-refractivity contribution in [2.24, 2.45) is 10.9 Å². The van der Waals surface area contributed by atoms with E-state index in [0.29, 0.717) is 26.2 Å². The number of rotatable bonds is 9. The van der Waals surface area contributed by atoms with Gasteiger partial charge >= 0.3 is 0 Å². The van der Waals surface area contributed by atoms with Gasteiger partial charge in [-0.05, 0) is 37.0 Å². The van der Waals surface area contributed by atoms with E-state index in [1.807, 2.05) is 25.1 Å². The Morgan fingerprint density at radius 2 is 2.16 bits per heavy atom. The van der Waals surface area contributed by atoms with E-state index in [0.717, 1.165) is 41.6 Å². The molecule has 7 heteroatoms. The minimum Gasteiger partial charge on any atom is -0.507 e. The summed E-state index contributed by atoms with van der Waals surface area (Å²) in [4.78, 5) is 16.2. The molecule has 1 amide bonds. The summed E-state index contributed by atoms with van der Waals surface area (Å²) in [6, 6.07) is 7.32. The molecular weight excluding hydrogens is 389 g/mol. The molecule has 3 rings (SSSR count). The smallest absolute Gasteiger partial charge is 0.246 e. The van der Waals surface area contributed by atoms with Gasteiger partial charge in [0, 0.05) is 49.6 Å². The van der Waals surface area contributed by atoms with Gasteiger partial charge in [-0.25, -0.2) is 0 Å². The van der Waals surface area contributed by atoms with Crippen LogP contribution < -0.4 is 10.6 Å². The Morgan fingerprint density at radius 3 is 2.97 bits per heavy atom. The highest BCUT2D eigenvalue weighted by Crippen LogP contribution is 2.34. The summed E-state index contributed by atoms with van der Waals surface area (Å²) in [5, 5.41) is 16.7. The minimum atomic E-state index is -0.115. The number of hydrogen-bond acceptors (Lipinski definition) is 5. The lowest BCUT2D eigenvalue weighted by atomic mass is 9.78. The maximum absolute atomic E-state index is 11.8. The molecule has 6 nitrogen and oxygen atoms in total. The second kappa shape index (κ2) is 11.6. The number of phenolic OH excluding ortho intramolecular Hbond substituents is 1.